The molecule has 0 amide bonds. The molecule has 90 valence electrons. The molecule has 0 saturated carbocycles. The van der Waals surface area contributed by atoms with Gasteiger partial charge in [-0.1, -0.05) is 9.64 Å². The zero-order valence-corrected chi connectivity index (χ0v) is 9.98. The Balaban J connectivity index is 1.68. The first-order valence-electron chi connectivity index (χ1n) is 5.45. The van der Waals surface area contributed by atoms with Gasteiger partial charge in [-0.15, -0.1) is 5.10 Å². The second-order valence-electron chi connectivity index (χ2n) is 3.82. The van der Waals surface area contributed by atoms with Gasteiger partial charge in [0.2, 0.25) is 0 Å². The van der Waals surface area contributed by atoms with Crippen molar-refractivity contribution in [2.45, 2.75) is 6.54 Å². The minimum absolute atomic E-state index is 0.505. The van der Waals surface area contributed by atoms with Crippen LogP contribution in [0.3, 0.4) is 0 Å². The molecule has 0 bridgehead atoms. The molecule has 1 fully saturated rings. The Kier molecular flexibility index (Phi) is 3.08. The molecule has 3 rings (SSSR count). The molecular weight excluding hydrogens is 240 g/mol. The minimum Gasteiger partial charge on any atom is -0.333 e. The molecule has 1 aliphatic rings. The van der Waals surface area contributed by atoms with Gasteiger partial charge >= 0.3 is 0 Å². The molecule has 1 N–H and O–H groups in total. The van der Waals surface area contributed by atoms with E-state index in [9.17, 15) is 0 Å². The van der Waals surface area contributed by atoms with Crippen LogP contribution in [0.25, 0.3) is 10.8 Å². The van der Waals surface area contributed by atoms with Crippen LogP contribution in [0, 0.1) is 0 Å². The molecule has 1 aliphatic heterocycles. The SMILES string of the molecule is c1nnsc1-c1nc(CN2CCNCC2)no1. The average molecular weight is 252 g/mol. The first-order chi connectivity index (χ1) is 8.42. The average Bonchev–Trinajstić information content (AvgIpc) is 3.00. The predicted molar refractivity (Wildman–Crippen MR) is 61.3 cm³/mol. The van der Waals surface area contributed by atoms with E-state index in [1.807, 2.05) is 0 Å². The molecule has 0 radical (unpaired) electrons. The van der Waals surface area contributed by atoms with Gasteiger partial charge in [0, 0.05) is 26.2 Å². The molecule has 2 aromatic rings. The van der Waals surface area contributed by atoms with E-state index in [4.69, 9.17) is 4.52 Å². The highest BCUT2D eigenvalue weighted by molar-refractivity contribution is 7.09. The summed E-state index contributed by atoms with van der Waals surface area (Å²) in [5.74, 6) is 1.22. The predicted octanol–water partition coefficient (Wildman–Crippen LogP) is -0.00670. The Hall–Kier alpha value is -1.38. The lowest BCUT2D eigenvalue weighted by Gasteiger charge is -2.25. The van der Waals surface area contributed by atoms with Crippen LogP contribution < -0.4 is 5.32 Å². The highest BCUT2D eigenvalue weighted by Gasteiger charge is 2.15. The lowest BCUT2D eigenvalue weighted by molar-refractivity contribution is 0.225. The first kappa shape index (κ1) is 10.8. The molecule has 0 atom stereocenters. The van der Waals surface area contributed by atoms with Crippen LogP contribution in [0.15, 0.2) is 10.7 Å². The maximum atomic E-state index is 5.18. The van der Waals surface area contributed by atoms with Crippen LogP contribution in [0.4, 0.5) is 0 Å². The molecule has 0 unspecified atom stereocenters. The quantitative estimate of drug-likeness (QED) is 0.823. The zero-order valence-electron chi connectivity index (χ0n) is 9.17. The summed E-state index contributed by atoms with van der Waals surface area (Å²) in [5, 5.41) is 11.0. The monoisotopic (exact) mass is 252 g/mol. The highest BCUT2D eigenvalue weighted by Crippen LogP contribution is 2.19. The van der Waals surface area contributed by atoms with Crippen LogP contribution in [-0.2, 0) is 6.54 Å². The Bertz CT molecular complexity index is 464. The summed E-state index contributed by atoms with van der Waals surface area (Å²) >= 11 is 1.25. The van der Waals surface area contributed by atoms with Crippen molar-refractivity contribution in [2.75, 3.05) is 26.2 Å². The molecular formula is C9H12N6OS. The standard InChI is InChI=1S/C9H12N6OS/c1-3-15(4-2-10-1)6-8-12-9(16-13-8)7-5-11-14-17-7/h5,10H,1-4,6H2. The van der Waals surface area contributed by atoms with Crippen molar-refractivity contribution in [1.82, 2.24) is 29.9 Å². The third-order valence-electron chi connectivity index (χ3n) is 2.61. The van der Waals surface area contributed by atoms with Gasteiger partial charge in [0.25, 0.3) is 5.89 Å². The number of piperazine rings is 1. The van der Waals surface area contributed by atoms with Gasteiger partial charge in [-0.3, -0.25) is 4.90 Å². The van der Waals surface area contributed by atoms with Gasteiger partial charge in [0.15, 0.2) is 5.82 Å². The second kappa shape index (κ2) is 4.86. The highest BCUT2D eigenvalue weighted by atomic mass is 32.1. The van der Waals surface area contributed by atoms with Crippen LogP contribution in [-0.4, -0.2) is 50.8 Å². The molecule has 0 spiro atoms. The molecule has 2 aromatic heterocycles. The van der Waals surface area contributed by atoms with Gasteiger partial charge in [-0.05, 0) is 11.5 Å². The summed E-state index contributed by atoms with van der Waals surface area (Å²) in [6, 6.07) is 0. The Morgan fingerprint density at radius 3 is 3.06 bits per heavy atom. The Labute approximate surface area is 102 Å². The van der Waals surface area contributed by atoms with Gasteiger partial charge in [-0.25, -0.2) is 0 Å². The molecule has 17 heavy (non-hydrogen) atoms. The lowest BCUT2D eigenvalue weighted by atomic mass is 10.3. The number of aromatic nitrogens is 4. The summed E-state index contributed by atoms with van der Waals surface area (Å²) in [6.45, 7) is 4.81. The third-order valence-corrected chi connectivity index (χ3v) is 3.27. The van der Waals surface area contributed by atoms with E-state index in [0.717, 1.165) is 43.4 Å². The number of nitrogens with zero attached hydrogens (tertiary/aromatic N) is 5. The van der Waals surface area contributed by atoms with Crippen molar-refractivity contribution in [3.63, 3.8) is 0 Å². The fourth-order valence-electron chi connectivity index (χ4n) is 1.75. The minimum atomic E-state index is 0.505. The van der Waals surface area contributed by atoms with E-state index in [2.05, 4.69) is 29.9 Å². The number of rotatable bonds is 3. The number of hydrogen-bond acceptors (Lipinski definition) is 8. The van der Waals surface area contributed by atoms with Crippen molar-refractivity contribution >= 4 is 11.5 Å². The fraction of sp³-hybridized carbons (Fsp3) is 0.556. The summed E-state index contributed by atoms with van der Waals surface area (Å²) in [5.41, 5.74) is 0. The van der Waals surface area contributed by atoms with E-state index in [1.54, 1.807) is 6.20 Å². The van der Waals surface area contributed by atoms with E-state index >= 15 is 0 Å². The summed E-state index contributed by atoms with van der Waals surface area (Å²) in [4.78, 5) is 7.45. The molecule has 8 heteroatoms. The molecule has 0 aliphatic carbocycles. The maximum Gasteiger partial charge on any atom is 0.271 e. The Morgan fingerprint density at radius 1 is 1.41 bits per heavy atom. The second-order valence-corrected chi connectivity index (χ2v) is 4.61. The third kappa shape index (κ3) is 2.48. The molecule has 0 aromatic carbocycles. The van der Waals surface area contributed by atoms with Gasteiger partial charge in [0.05, 0.1) is 12.7 Å². The van der Waals surface area contributed by atoms with Crippen molar-refractivity contribution in [2.24, 2.45) is 0 Å². The summed E-state index contributed by atoms with van der Waals surface area (Å²) in [6.07, 6.45) is 1.63. The van der Waals surface area contributed by atoms with Crippen molar-refractivity contribution < 1.29 is 4.52 Å². The van der Waals surface area contributed by atoms with E-state index in [-0.39, 0.29) is 0 Å². The topological polar surface area (TPSA) is 80.0 Å². The van der Waals surface area contributed by atoms with Gasteiger partial charge < -0.3 is 9.84 Å². The van der Waals surface area contributed by atoms with Crippen LogP contribution in [0.5, 0.6) is 0 Å². The van der Waals surface area contributed by atoms with Crippen LogP contribution in [0.1, 0.15) is 5.82 Å². The van der Waals surface area contributed by atoms with Crippen LogP contribution in [0.2, 0.25) is 0 Å². The van der Waals surface area contributed by atoms with E-state index in [0.29, 0.717) is 5.89 Å². The number of hydrogen-bond donors (Lipinski definition) is 1. The summed E-state index contributed by atoms with van der Waals surface area (Å²) in [7, 11) is 0. The van der Waals surface area contributed by atoms with Crippen molar-refractivity contribution in [3.05, 3.63) is 12.0 Å². The van der Waals surface area contributed by atoms with Crippen molar-refractivity contribution in [3.8, 4) is 10.8 Å². The van der Waals surface area contributed by atoms with E-state index in [1.165, 1.54) is 11.5 Å². The fourth-order valence-corrected chi connectivity index (χ4v) is 2.19. The molecule has 3 heterocycles. The first-order valence-corrected chi connectivity index (χ1v) is 6.22. The van der Waals surface area contributed by atoms with Gasteiger partial charge in [-0.2, -0.15) is 4.98 Å². The molecule has 7 nitrogen and oxygen atoms in total. The largest absolute Gasteiger partial charge is 0.333 e. The normalized spacial score (nSPS) is 17.4. The smallest absolute Gasteiger partial charge is 0.271 e. The lowest BCUT2D eigenvalue weighted by Crippen LogP contribution is -2.43. The van der Waals surface area contributed by atoms with Crippen LogP contribution >= 0.6 is 11.5 Å². The zero-order chi connectivity index (χ0) is 11.5. The van der Waals surface area contributed by atoms with Gasteiger partial charge in [0.1, 0.15) is 4.88 Å². The maximum absolute atomic E-state index is 5.18. The molecule has 1 saturated heterocycles. The van der Waals surface area contributed by atoms with E-state index < -0.39 is 0 Å². The number of nitrogens with one attached hydrogen (secondary N) is 1. The van der Waals surface area contributed by atoms with Crippen molar-refractivity contribution in [1.29, 1.82) is 0 Å². The summed E-state index contributed by atoms with van der Waals surface area (Å²) < 4.78 is 8.95. The Morgan fingerprint density at radius 2 is 2.29 bits per heavy atom.